The summed E-state index contributed by atoms with van der Waals surface area (Å²) in [6.07, 6.45) is 0. The molecule has 0 amide bonds. The van der Waals surface area contributed by atoms with Gasteiger partial charge >= 0.3 is 0 Å². The van der Waals surface area contributed by atoms with Gasteiger partial charge in [-0.1, -0.05) is 12.1 Å². The Labute approximate surface area is 70.8 Å². The zero-order chi connectivity index (χ0) is 9.19. The van der Waals surface area contributed by atoms with Crippen LogP contribution in [-0.2, 0) is 5.54 Å². The van der Waals surface area contributed by atoms with Gasteiger partial charge in [0, 0.05) is 0 Å². The van der Waals surface area contributed by atoms with Crippen LogP contribution in [-0.4, -0.2) is 11.7 Å². The standard InChI is InChI=1S/C9H12FNO/c1-9(11,6-12)7-2-4-8(10)5-3-7/h2-5,12H,6,11H2,1H3/t9-/m1/s1. The van der Waals surface area contributed by atoms with Gasteiger partial charge in [0.25, 0.3) is 0 Å². The fourth-order valence-corrected chi connectivity index (χ4v) is 0.922. The summed E-state index contributed by atoms with van der Waals surface area (Å²) in [6.45, 7) is 1.54. The van der Waals surface area contributed by atoms with Crippen molar-refractivity contribution in [2.24, 2.45) is 5.73 Å². The van der Waals surface area contributed by atoms with Gasteiger partial charge < -0.3 is 10.8 Å². The molecule has 2 nitrogen and oxygen atoms in total. The van der Waals surface area contributed by atoms with Crippen molar-refractivity contribution < 1.29 is 9.50 Å². The van der Waals surface area contributed by atoms with E-state index in [4.69, 9.17) is 10.8 Å². The average Bonchev–Trinajstić information content (AvgIpc) is 2.05. The molecule has 66 valence electrons. The number of aliphatic hydroxyl groups is 1. The van der Waals surface area contributed by atoms with Gasteiger partial charge in [-0.05, 0) is 24.6 Å². The van der Waals surface area contributed by atoms with Crippen LogP contribution < -0.4 is 5.73 Å². The average molecular weight is 169 g/mol. The van der Waals surface area contributed by atoms with E-state index in [2.05, 4.69) is 0 Å². The van der Waals surface area contributed by atoms with E-state index in [0.29, 0.717) is 0 Å². The van der Waals surface area contributed by atoms with Crippen molar-refractivity contribution >= 4 is 0 Å². The van der Waals surface area contributed by atoms with Crippen LogP contribution in [0, 0.1) is 5.82 Å². The van der Waals surface area contributed by atoms with Crippen LogP contribution in [0.2, 0.25) is 0 Å². The maximum Gasteiger partial charge on any atom is 0.123 e. The SMILES string of the molecule is C[C@@](N)(CO)c1ccc(F)cc1. The second kappa shape index (κ2) is 3.21. The number of hydrogen-bond acceptors (Lipinski definition) is 2. The number of benzene rings is 1. The molecule has 0 fully saturated rings. The third-order valence-electron chi connectivity index (χ3n) is 1.83. The van der Waals surface area contributed by atoms with Crippen LogP contribution in [0.15, 0.2) is 24.3 Å². The van der Waals surface area contributed by atoms with Crippen LogP contribution in [0.3, 0.4) is 0 Å². The number of halogens is 1. The largest absolute Gasteiger partial charge is 0.394 e. The molecule has 0 aliphatic heterocycles. The zero-order valence-electron chi connectivity index (χ0n) is 6.92. The van der Waals surface area contributed by atoms with Crippen LogP contribution in [0.5, 0.6) is 0 Å². The van der Waals surface area contributed by atoms with E-state index in [1.54, 1.807) is 19.1 Å². The molecule has 0 aliphatic rings. The van der Waals surface area contributed by atoms with E-state index in [-0.39, 0.29) is 12.4 Å². The fourth-order valence-electron chi connectivity index (χ4n) is 0.922. The summed E-state index contributed by atoms with van der Waals surface area (Å²) in [4.78, 5) is 0. The monoisotopic (exact) mass is 169 g/mol. The van der Waals surface area contributed by atoms with Gasteiger partial charge in [-0.25, -0.2) is 4.39 Å². The summed E-state index contributed by atoms with van der Waals surface area (Å²) in [5.41, 5.74) is 5.66. The molecular weight excluding hydrogens is 157 g/mol. The topological polar surface area (TPSA) is 46.2 Å². The van der Waals surface area contributed by atoms with E-state index in [9.17, 15) is 4.39 Å². The summed E-state index contributed by atoms with van der Waals surface area (Å²) < 4.78 is 12.5. The van der Waals surface area contributed by atoms with Gasteiger partial charge in [-0.3, -0.25) is 0 Å². The second-order valence-corrected chi connectivity index (χ2v) is 3.08. The van der Waals surface area contributed by atoms with Crippen LogP contribution >= 0.6 is 0 Å². The molecule has 0 radical (unpaired) electrons. The molecule has 0 bridgehead atoms. The van der Waals surface area contributed by atoms with E-state index in [0.717, 1.165) is 5.56 Å². The summed E-state index contributed by atoms with van der Waals surface area (Å²) in [6, 6.07) is 5.81. The molecule has 0 saturated carbocycles. The van der Waals surface area contributed by atoms with Gasteiger partial charge in [0.2, 0.25) is 0 Å². The van der Waals surface area contributed by atoms with Crippen molar-refractivity contribution in [1.82, 2.24) is 0 Å². The van der Waals surface area contributed by atoms with Crippen molar-refractivity contribution in [3.05, 3.63) is 35.6 Å². The maximum absolute atomic E-state index is 12.5. The second-order valence-electron chi connectivity index (χ2n) is 3.08. The van der Waals surface area contributed by atoms with E-state index in [1.165, 1.54) is 12.1 Å². The number of aliphatic hydroxyl groups excluding tert-OH is 1. The van der Waals surface area contributed by atoms with Gasteiger partial charge in [-0.2, -0.15) is 0 Å². The van der Waals surface area contributed by atoms with Crippen molar-refractivity contribution in [3.8, 4) is 0 Å². The third kappa shape index (κ3) is 1.81. The van der Waals surface area contributed by atoms with Gasteiger partial charge in [0.15, 0.2) is 0 Å². The smallest absolute Gasteiger partial charge is 0.123 e. The summed E-state index contributed by atoms with van der Waals surface area (Å²) in [5, 5.41) is 8.90. The predicted octanol–water partition coefficient (Wildman–Crippen LogP) is 0.992. The fraction of sp³-hybridized carbons (Fsp3) is 0.333. The molecule has 1 aromatic rings. The van der Waals surface area contributed by atoms with Crippen LogP contribution in [0.25, 0.3) is 0 Å². The zero-order valence-corrected chi connectivity index (χ0v) is 6.92. The Bertz CT molecular complexity index is 256. The minimum atomic E-state index is -0.784. The highest BCUT2D eigenvalue weighted by Crippen LogP contribution is 2.16. The molecule has 0 spiro atoms. The van der Waals surface area contributed by atoms with Crippen molar-refractivity contribution in [2.75, 3.05) is 6.61 Å². The quantitative estimate of drug-likeness (QED) is 0.693. The molecule has 1 rings (SSSR count). The Hall–Kier alpha value is -0.930. The van der Waals surface area contributed by atoms with E-state index < -0.39 is 5.54 Å². The Morgan fingerprint density at radius 1 is 1.42 bits per heavy atom. The molecule has 1 aromatic carbocycles. The minimum Gasteiger partial charge on any atom is -0.394 e. The number of hydrogen-bond donors (Lipinski definition) is 2. The van der Waals surface area contributed by atoms with Gasteiger partial charge in [0.05, 0.1) is 12.1 Å². The molecule has 1 atom stereocenters. The summed E-state index contributed by atoms with van der Waals surface area (Å²) in [7, 11) is 0. The molecule has 0 aliphatic carbocycles. The molecule has 0 heterocycles. The highest BCUT2D eigenvalue weighted by Gasteiger charge is 2.19. The van der Waals surface area contributed by atoms with Crippen molar-refractivity contribution in [1.29, 1.82) is 0 Å². The Morgan fingerprint density at radius 3 is 2.33 bits per heavy atom. The molecule has 0 saturated heterocycles. The molecule has 3 N–H and O–H groups in total. The first-order valence-electron chi connectivity index (χ1n) is 3.72. The van der Waals surface area contributed by atoms with Gasteiger partial charge in [0.1, 0.15) is 5.82 Å². The van der Waals surface area contributed by atoms with Crippen LogP contribution in [0.1, 0.15) is 12.5 Å². The third-order valence-corrected chi connectivity index (χ3v) is 1.83. The van der Waals surface area contributed by atoms with E-state index >= 15 is 0 Å². The first kappa shape index (κ1) is 9.16. The maximum atomic E-state index is 12.5. The normalized spacial score (nSPS) is 15.7. The lowest BCUT2D eigenvalue weighted by Gasteiger charge is -2.21. The first-order valence-corrected chi connectivity index (χ1v) is 3.72. The minimum absolute atomic E-state index is 0.154. The highest BCUT2D eigenvalue weighted by molar-refractivity contribution is 5.23. The molecule has 12 heavy (non-hydrogen) atoms. The summed E-state index contributed by atoms with van der Waals surface area (Å²) >= 11 is 0. The molecule has 0 aromatic heterocycles. The Balaban J connectivity index is 2.96. The lowest BCUT2D eigenvalue weighted by molar-refractivity contribution is 0.210. The van der Waals surface area contributed by atoms with E-state index in [1.807, 2.05) is 0 Å². The summed E-state index contributed by atoms with van der Waals surface area (Å²) in [5.74, 6) is -0.299. The first-order chi connectivity index (χ1) is 5.56. The Kier molecular flexibility index (Phi) is 2.45. The molecular formula is C9H12FNO. The highest BCUT2D eigenvalue weighted by atomic mass is 19.1. The Morgan fingerprint density at radius 2 is 1.92 bits per heavy atom. The van der Waals surface area contributed by atoms with Crippen molar-refractivity contribution in [2.45, 2.75) is 12.5 Å². The van der Waals surface area contributed by atoms with Crippen molar-refractivity contribution in [3.63, 3.8) is 0 Å². The number of rotatable bonds is 2. The van der Waals surface area contributed by atoms with Gasteiger partial charge in [-0.15, -0.1) is 0 Å². The lowest BCUT2D eigenvalue weighted by Crippen LogP contribution is -2.36. The molecule has 3 heteroatoms. The number of nitrogens with two attached hydrogens (primary N) is 1. The lowest BCUT2D eigenvalue weighted by atomic mass is 9.94. The van der Waals surface area contributed by atoms with Crippen LogP contribution in [0.4, 0.5) is 4.39 Å². The predicted molar refractivity (Wildman–Crippen MR) is 45.0 cm³/mol. The molecule has 0 unspecified atom stereocenters.